The van der Waals surface area contributed by atoms with Crippen molar-refractivity contribution in [1.29, 1.82) is 0 Å². The molecule has 0 saturated carbocycles. The molecule has 7 heteroatoms. The summed E-state index contributed by atoms with van der Waals surface area (Å²) in [6, 6.07) is 0. The van der Waals surface area contributed by atoms with E-state index in [0.717, 1.165) is 42.2 Å². The van der Waals surface area contributed by atoms with Gasteiger partial charge in [0.2, 0.25) is 11.8 Å². The standard InChI is InChI=1S/C18H27N5O2/c1-11(2)18-19-17(21-25-18)14-7-6-8-23(10-14)16(24)9-15-12(3)20-22(5)13(15)4/h11,14H,6-10H2,1-5H3/t14-/m1/s1. The zero-order chi connectivity index (χ0) is 18.1. The first kappa shape index (κ1) is 17.6. The molecule has 3 rings (SSSR count). The molecule has 1 aliphatic heterocycles. The average Bonchev–Trinajstić information content (AvgIpc) is 3.16. The summed E-state index contributed by atoms with van der Waals surface area (Å²) in [7, 11) is 1.91. The van der Waals surface area contributed by atoms with Crippen LogP contribution in [0.25, 0.3) is 0 Å². The Balaban J connectivity index is 1.69. The number of carbonyl (C=O) groups excluding carboxylic acids is 1. The molecule has 25 heavy (non-hydrogen) atoms. The summed E-state index contributed by atoms with van der Waals surface area (Å²) in [6.07, 6.45) is 2.36. The lowest BCUT2D eigenvalue weighted by Gasteiger charge is -2.31. The van der Waals surface area contributed by atoms with Crippen molar-refractivity contribution in [2.75, 3.05) is 13.1 Å². The first-order valence-electron chi connectivity index (χ1n) is 8.97. The van der Waals surface area contributed by atoms with Crippen molar-refractivity contribution in [3.63, 3.8) is 0 Å². The van der Waals surface area contributed by atoms with Crippen LogP contribution in [0.5, 0.6) is 0 Å². The molecular weight excluding hydrogens is 318 g/mol. The summed E-state index contributed by atoms with van der Waals surface area (Å²) in [6.45, 7) is 9.49. The lowest BCUT2D eigenvalue weighted by molar-refractivity contribution is -0.131. The molecular formula is C18H27N5O2. The number of aryl methyl sites for hydroxylation is 2. The maximum Gasteiger partial charge on any atom is 0.229 e. The number of nitrogens with zero attached hydrogens (tertiary/aromatic N) is 5. The molecule has 7 nitrogen and oxygen atoms in total. The molecule has 0 bridgehead atoms. The second-order valence-electron chi connectivity index (χ2n) is 7.27. The molecule has 0 radical (unpaired) electrons. The van der Waals surface area contributed by atoms with Gasteiger partial charge in [0.05, 0.1) is 12.1 Å². The highest BCUT2D eigenvalue weighted by Crippen LogP contribution is 2.27. The Kier molecular flexibility index (Phi) is 4.92. The van der Waals surface area contributed by atoms with Crippen LogP contribution in [0.15, 0.2) is 4.52 Å². The van der Waals surface area contributed by atoms with Crippen molar-refractivity contribution >= 4 is 5.91 Å². The van der Waals surface area contributed by atoms with Crippen molar-refractivity contribution < 1.29 is 9.32 Å². The predicted octanol–water partition coefficient (Wildman–Crippen LogP) is 2.49. The predicted molar refractivity (Wildman–Crippen MR) is 93.3 cm³/mol. The molecule has 1 aliphatic rings. The van der Waals surface area contributed by atoms with Gasteiger partial charge in [-0.1, -0.05) is 19.0 Å². The quantitative estimate of drug-likeness (QED) is 0.851. The summed E-state index contributed by atoms with van der Waals surface area (Å²) < 4.78 is 7.17. The lowest BCUT2D eigenvalue weighted by Crippen LogP contribution is -2.40. The van der Waals surface area contributed by atoms with Crippen LogP contribution >= 0.6 is 0 Å². The van der Waals surface area contributed by atoms with Gasteiger partial charge in [-0.2, -0.15) is 10.1 Å². The van der Waals surface area contributed by atoms with E-state index in [2.05, 4.69) is 15.2 Å². The van der Waals surface area contributed by atoms with Gasteiger partial charge in [0.1, 0.15) is 0 Å². The fourth-order valence-electron chi connectivity index (χ4n) is 3.40. The number of hydrogen-bond acceptors (Lipinski definition) is 5. The SMILES string of the molecule is Cc1nn(C)c(C)c1CC(=O)N1CCC[C@@H](c2noc(C(C)C)n2)C1. The maximum atomic E-state index is 12.8. The minimum atomic E-state index is 0.150. The Morgan fingerprint density at radius 3 is 2.72 bits per heavy atom. The number of piperidine rings is 1. The maximum absolute atomic E-state index is 12.8. The van der Waals surface area contributed by atoms with Crippen molar-refractivity contribution in [2.24, 2.45) is 7.05 Å². The van der Waals surface area contributed by atoms with E-state index in [1.54, 1.807) is 0 Å². The lowest BCUT2D eigenvalue weighted by atomic mass is 9.96. The smallest absolute Gasteiger partial charge is 0.229 e. The van der Waals surface area contributed by atoms with Crippen LogP contribution in [0.3, 0.4) is 0 Å². The fraction of sp³-hybridized carbons (Fsp3) is 0.667. The Morgan fingerprint density at radius 2 is 2.12 bits per heavy atom. The van der Waals surface area contributed by atoms with Gasteiger partial charge in [0, 0.05) is 43.2 Å². The first-order chi connectivity index (χ1) is 11.9. The van der Waals surface area contributed by atoms with Gasteiger partial charge in [-0.05, 0) is 26.7 Å². The van der Waals surface area contributed by atoms with E-state index in [1.165, 1.54) is 0 Å². The molecule has 1 saturated heterocycles. The minimum absolute atomic E-state index is 0.150. The molecule has 1 fully saturated rings. The Hall–Kier alpha value is -2.18. The van der Waals surface area contributed by atoms with E-state index in [9.17, 15) is 4.79 Å². The van der Waals surface area contributed by atoms with Crippen LogP contribution in [0, 0.1) is 13.8 Å². The second kappa shape index (κ2) is 6.98. The van der Waals surface area contributed by atoms with E-state index >= 15 is 0 Å². The van der Waals surface area contributed by atoms with Crippen molar-refractivity contribution in [1.82, 2.24) is 24.8 Å². The van der Waals surface area contributed by atoms with E-state index in [0.29, 0.717) is 18.9 Å². The summed E-state index contributed by atoms with van der Waals surface area (Å²) in [5.74, 6) is 1.93. The highest BCUT2D eigenvalue weighted by atomic mass is 16.5. The van der Waals surface area contributed by atoms with Crippen molar-refractivity contribution in [2.45, 2.75) is 58.8 Å². The van der Waals surface area contributed by atoms with Gasteiger partial charge in [-0.3, -0.25) is 9.48 Å². The molecule has 0 spiro atoms. The van der Waals surface area contributed by atoms with Crippen LogP contribution in [0.1, 0.15) is 67.2 Å². The highest BCUT2D eigenvalue weighted by Gasteiger charge is 2.29. The number of carbonyl (C=O) groups is 1. The Bertz CT molecular complexity index is 762. The zero-order valence-electron chi connectivity index (χ0n) is 15.7. The minimum Gasteiger partial charge on any atom is -0.342 e. The van der Waals surface area contributed by atoms with Crippen LogP contribution in [0.4, 0.5) is 0 Å². The van der Waals surface area contributed by atoms with Gasteiger partial charge in [-0.25, -0.2) is 0 Å². The summed E-state index contributed by atoms with van der Waals surface area (Å²) in [5.41, 5.74) is 3.03. The third kappa shape index (κ3) is 3.60. The molecule has 1 atom stereocenters. The molecule has 1 amide bonds. The van der Waals surface area contributed by atoms with E-state index in [1.807, 2.05) is 44.3 Å². The molecule has 0 unspecified atom stereocenters. The highest BCUT2D eigenvalue weighted by molar-refractivity contribution is 5.79. The topological polar surface area (TPSA) is 77.0 Å². The summed E-state index contributed by atoms with van der Waals surface area (Å²) in [4.78, 5) is 19.2. The summed E-state index contributed by atoms with van der Waals surface area (Å²) in [5, 5.41) is 8.54. The third-order valence-corrected chi connectivity index (χ3v) is 5.08. The van der Waals surface area contributed by atoms with E-state index in [-0.39, 0.29) is 17.7 Å². The van der Waals surface area contributed by atoms with Crippen LogP contribution in [-0.2, 0) is 18.3 Å². The van der Waals surface area contributed by atoms with Crippen LogP contribution in [0.2, 0.25) is 0 Å². The number of aromatic nitrogens is 4. The third-order valence-electron chi connectivity index (χ3n) is 5.08. The second-order valence-corrected chi connectivity index (χ2v) is 7.27. The largest absolute Gasteiger partial charge is 0.342 e. The fourth-order valence-corrected chi connectivity index (χ4v) is 3.40. The van der Waals surface area contributed by atoms with Gasteiger partial charge < -0.3 is 9.42 Å². The number of rotatable bonds is 4. The molecule has 0 N–H and O–H groups in total. The summed E-state index contributed by atoms with van der Waals surface area (Å²) >= 11 is 0. The molecule has 3 heterocycles. The molecule has 0 aliphatic carbocycles. The van der Waals surface area contributed by atoms with Crippen LogP contribution < -0.4 is 0 Å². The van der Waals surface area contributed by atoms with E-state index in [4.69, 9.17) is 4.52 Å². The monoisotopic (exact) mass is 345 g/mol. The molecule has 2 aromatic heterocycles. The number of likely N-dealkylation sites (tertiary alicyclic amines) is 1. The average molecular weight is 345 g/mol. The number of hydrogen-bond donors (Lipinski definition) is 0. The van der Waals surface area contributed by atoms with Crippen molar-refractivity contribution in [3.05, 3.63) is 28.7 Å². The van der Waals surface area contributed by atoms with E-state index < -0.39 is 0 Å². The first-order valence-corrected chi connectivity index (χ1v) is 8.97. The molecule has 0 aromatic carbocycles. The van der Waals surface area contributed by atoms with Gasteiger partial charge in [0.15, 0.2) is 5.82 Å². The van der Waals surface area contributed by atoms with Crippen molar-refractivity contribution in [3.8, 4) is 0 Å². The zero-order valence-corrected chi connectivity index (χ0v) is 15.7. The van der Waals surface area contributed by atoms with Gasteiger partial charge >= 0.3 is 0 Å². The van der Waals surface area contributed by atoms with Gasteiger partial charge in [0.25, 0.3) is 0 Å². The van der Waals surface area contributed by atoms with Gasteiger partial charge in [-0.15, -0.1) is 0 Å². The van der Waals surface area contributed by atoms with Crippen LogP contribution in [-0.4, -0.2) is 43.8 Å². The normalized spacial score (nSPS) is 18.2. The number of amides is 1. The Labute approximate surface area is 148 Å². The molecule has 2 aromatic rings. The Morgan fingerprint density at radius 1 is 1.36 bits per heavy atom. The molecule has 136 valence electrons.